The van der Waals surface area contributed by atoms with Gasteiger partial charge in [0.05, 0.1) is 0 Å². The number of benzene rings is 1. The fourth-order valence-electron chi connectivity index (χ4n) is 2.04. The molecule has 1 aromatic heterocycles. The highest BCUT2D eigenvalue weighted by molar-refractivity contribution is 9.10. The predicted octanol–water partition coefficient (Wildman–Crippen LogP) is 1.98. The maximum absolute atomic E-state index is 11.6. The second-order valence-electron chi connectivity index (χ2n) is 4.38. The number of sulfone groups is 1. The van der Waals surface area contributed by atoms with E-state index < -0.39 is 9.84 Å². The van der Waals surface area contributed by atoms with Gasteiger partial charge in [0.2, 0.25) is 9.84 Å². The van der Waals surface area contributed by atoms with E-state index in [2.05, 4.69) is 26.1 Å². The second-order valence-corrected chi connectivity index (χ2v) is 7.20. The smallest absolute Gasteiger partial charge is 0.253 e. The van der Waals surface area contributed by atoms with Gasteiger partial charge in [0, 0.05) is 23.3 Å². The second kappa shape index (κ2) is 4.28. The van der Waals surface area contributed by atoms with Crippen LogP contribution in [0.3, 0.4) is 0 Å². The summed E-state index contributed by atoms with van der Waals surface area (Å²) in [5.41, 5.74) is 2.13. The molecule has 0 bridgehead atoms. The molecule has 0 radical (unpaired) electrons. The standard InChI is InChI=1S/C12H10BrN3O2S/c1-19(17,18)12-15-14-11-7-8-2-3-10(13)6-9(8)4-5-16(11)12/h2-6H,7H2,1H3. The van der Waals surface area contributed by atoms with Crippen molar-refractivity contribution in [2.75, 3.05) is 6.26 Å². The summed E-state index contributed by atoms with van der Waals surface area (Å²) in [6.07, 6.45) is 5.25. The third-order valence-corrected chi connectivity index (χ3v) is 4.36. The maximum Gasteiger partial charge on any atom is 0.253 e. The minimum Gasteiger partial charge on any atom is -0.277 e. The van der Waals surface area contributed by atoms with Crippen molar-refractivity contribution in [3.8, 4) is 0 Å². The molecule has 3 rings (SSSR count). The molecule has 0 unspecified atom stereocenters. The monoisotopic (exact) mass is 339 g/mol. The van der Waals surface area contributed by atoms with Crippen LogP contribution in [0.4, 0.5) is 0 Å². The molecule has 0 spiro atoms. The molecule has 5 nitrogen and oxygen atoms in total. The summed E-state index contributed by atoms with van der Waals surface area (Å²) in [7, 11) is -3.38. The first kappa shape index (κ1) is 12.6. The number of fused-ring (bicyclic) bond motifs is 2. The highest BCUT2D eigenvalue weighted by Crippen LogP contribution is 2.24. The fourth-order valence-corrected chi connectivity index (χ4v) is 3.13. The van der Waals surface area contributed by atoms with Crippen LogP contribution in [-0.2, 0) is 16.3 Å². The molecule has 0 fully saturated rings. The van der Waals surface area contributed by atoms with Crippen LogP contribution in [0.5, 0.6) is 0 Å². The van der Waals surface area contributed by atoms with Crippen molar-refractivity contribution < 1.29 is 8.42 Å². The molecule has 0 N–H and O–H groups in total. The lowest BCUT2D eigenvalue weighted by Gasteiger charge is -2.03. The molecule has 2 aromatic rings. The zero-order valence-corrected chi connectivity index (χ0v) is 12.4. The highest BCUT2D eigenvalue weighted by Gasteiger charge is 2.21. The van der Waals surface area contributed by atoms with Gasteiger partial charge in [-0.2, -0.15) is 0 Å². The van der Waals surface area contributed by atoms with E-state index in [9.17, 15) is 8.42 Å². The van der Waals surface area contributed by atoms with Gasteiger partial charge in [-0.3, -0.25) is 4.57 Å². The summed E-state index contributed by atoms with van der Waals surface area (Å²) in [6.45, 7) is 0. The number of halogens is 1. The molecule has 1 aromatic carbocycles. The van der Waals surface area contributed by atoms with Gasteiger partial charge in [0.1, 0.15) is 5.82 Å². The number of rotatable bonds is 1. The average Bonchev–Trinajstić information content (AvgIpc) is 2.64. The van der Waals surface area contributed by atoms with Crippen LogP contribution in [0, 0.1) is 0 Å². The molecule has 0 saturated heterocycles. The van der Waals surface area contributed by atoms with Gasteiger partial charge in [-0.25, -0.2) is 8.42 Å². The Hall–Kier alpha value is -1.47. The van der Waals surface area contributed by atoms with Gasteiger partial charge in [-0.1, -0.05) is 22.0 Å². The van der Waals surface area contributed by atoms with E-state index >= 15 is 0 Å². The zero-order chi connectivity index (χ0) is 13.6. The molecule has 2 heterocycles. The Labute approximate surface area is 119 Å². The lowest BCUT2D eigenvalue weighted by Crippen LogP contribution is -2.06. The van der Waals surface area contributed by atoms with Crippen molar-refractivity contribution in [3.63, 3.8) is 0 Å². The van der Waals surface area contributed by atoms with Gasteiger partial charge in [-0.15, -0.1) is 10.2 Å². The van der Waals surface area contributed by atoms with E-state index in [1.807, 2.05) is 24.3 Å². The van der Waals surface area contributed by atoms with E-state index in [4.69, 9.17) is 0 Å². The van der Waals surface area contributed by atoms with Crippen molar-refractivity contribution in [2.45, 2.75) is 11.6 Å². The predicted molar refractivity (Wildman–Crippen MR) is 75.3 cm³/mol. The van der Waals surface area contributed by atoms with Crippen molar-refractivity contribution in [2.24, 2.45) is 0 Å². The van der Waals surface area contributed by atoms with Crippen LogP contribution in [0.2, 0.25) is 0 Å². The van der Waals surface area contributed by atoms with E-state index in [0.29, 0.717) is 12.2 Å². The van der Waals surface area contributed by atoms with Crippen LogP contribution in [-0.4, -0.2) is 29.4 Å². The Morgan fingerprint density at radius 3 is 2.84 bits per heavy atom. The van der Waals surface area contributed by atoms with Gasteiger partial charge < -0.3 is 0 Å². The lowest BCUT2D eigenvalue weighted by atomic mass is 10.1. The van der Waals surface area contributed by atoms with Crippen LogP contribution in [0.1, 0.15) is 17.0 Å². The van der Waals surface area contributed by atoms with Crippen molar-refractivity contribution in [1.82, 2.24) is 14.8 Å². The lowest BCUT2D eigenvalue weighted by molar-refractivity contribution is 0.590. The molecule has 1 aliphatic heterocycles. The SMILES string of the molecule is CS(=O)(=O)c1nnc2n1C=Cc1cc(Br)ccc1C2. The summed E-state index contributed by atoms with van der Waals surface area (Å²) in [6, 6.07) is 5.94. The molecule has 0 atom stereocenters. The van der Waals surface area contributed by atoms with Gasteiger partial charge in [0.25, 0.3) is 5.16 Å². The summed E-state index contributed by atoms with van der Waals surface area (Å²) in [4.78, 5) is 0. The number of aromatic nitrogens is 3. The molecule has 1 aliphatic rings. The van der Waals surface area contributed by atoms with E-state index in [1.54, 1.807) is 6.20 Å². The summed E-state index contributed by atoms with van der Waals surface area (Å²) < 4.78 is 25.8. The Kier molecular flexibility index (Phi) is 2.83. The first-order valence-electron chi connectivity index (χ1n) is 5.55. The average molecular weight is 340 g/mol. The summed E-state index contributed by atoms with van der Waals surface area (Å²) in [5.74, 6) is 0.623. The highest BCUT2D eigenvalue weighted by atomic mass is 79.9. The fraction of sp³-hybridized carbons (Fsp3) is 0.167. The first-order valence-corrected chi connectivity index (χ1v) is 8.24. The number of nitrogens with zero attached hydrogens (tertiary/aromatic N) is 3. The Balaban J connectivity index is 2.18. The Bertz CT molecular complexity index is 793. The van der Waals surface area contributed by atoms with Crippen LogP contribution in [0.15, 0.2) is 27.8 Å². The quantitative estimate of drug-likeness (QED) is 0.679. The molecule has 7 heteroatoms. The summed E-state index contributed by atoms with van der Waals surface area (Å²) >= 11 is 3.42. The maximum atomic E-state index is 11.6. The van der Waals surface area contributed by atoms with Gasteiger partial charge >= 0.3 is 0 Å². The third-order valence-electron chi connectivity index (χ3n) is 2.93. The van der Waals surface area contributed by atoms with Crippen molar-refractivity contribution in [3.05, 3.63) is 39.6 Å². The largest absolute Gasteiger partial charge is 0.277 e. The number of hydrogen-bond acceptors (Lipinski definition) is 4. The van der Waals surface area contributed by atoms with Gasteiger partial charge in [0.15, 0.2) is 0 Å². The van der Waals surface area contributed by atoms with E-state index in [1.165, 1.54) is 4.57 Å². The van der Waals surface area contributed by atoms with Crippen LogP contribution in [0.25, 0.3) is 12.3 Å². The van der Waals surface area contributed by atoms with Crippen molar-refractivity contribution >= 4 is 38.0 Å². The van der Waals surface area contributed by atoms with Crippen LogP contribution >= 0.6 is 15.9 Å². The molecular formula is C12H10BrN3O2S. The van der Waals surface area contributed by atoms with E-state index in [-0.39, 0.29) is 5.16 Å². The molecule has 19 heavy (non-hydrogen) atoms. The molecule has 0 saturated carbocycles. The normalized spacial score (nSPS) is 13.8. The third kappa shape index (κ3) is 2.23. The first-order chi connectivity index (χ1) is 8.95. The molecular weight excluding hydrogens is 330 g/mol. The minimum atomic E-state index is -3.38. The molecule has 0 aliphatic carbocycles. The van der Waals surface area contributed by atoms with Gasteiger partial charge in [-0.05, 0) is 29.3 Å². The topological polar surface area (TPSA) is 64.8 Å². The zero-order valence-electron chi connectivity index (χ0n) is 10.0. The Morgan fingerprint density at radius 2 is 2.11 bits per heavy atom. The Morgan fingerprint density at radius 1 is 1.32 bits per heavy atom. The number of hydrogen-bond donors (Lipinski definition) is 0. The minimum absolute atomic E-state index is 0.0226. The summed E-state index contributed by atoms with van der Waals surface area (Å²) in [5, 5.41) is 7.72. The van der Waals surface area contributed by atoms with Crippen LogP contribution < -0.4 is 0 Å². The molecule has 98 valence electrons. The van der Waals surface area contributed by atoms with E-state index in [0.717, 1.165) is 21.9 Å². The molecule has 0 amide bonds. The van der Waals surface area contributed by atoms with Crippen molar-refractivity contribution in [1.29, 1.82) is 0 Å².